The molecular weight excluding hydrogens is 214 g/mol. The zero-order valence-electron chi connectivity index (χ0n) is 10.4. The standard InChI is InChI=1S/C13H17N3O/c1-13(2,12(17)15-3)9-16-11-6-4-10(8-14)5-7-11/h4-7,16H,9H2,1-3H3,(H,15,17). The summed E-state index contributed by atoms with van der Waals surface area (Å²) in [4.78, 5) is 11.6. The van der Waals surface area contributed by atoms with Crippen molar-refractivity contribution < 1.29 is 4.79 Å². The maximum absolute atomic E-state index is 11.6. The summed E-state index contributed by atoms with van der Waals surface area (Å²) in [7, 11) is 1.63. The summed E-state index contributed by atoms with van der Waals surface area (Å²) in [5.74, 6) is -0.00125. The van der Waals surface area contributed by atoms with Crippen LogP contribution >= 0.6 is 0 Å². The first-order valence-corrected chi connectivity index (χ1v) is 5.46. The minimum absolute atomic E-state index is 0.00125. The van der Waals surface area contributed by atoms with Crippen LogP contribution in [0.4, 0.5) is 5.69 Å². The molecule has 1 rings (SSSR count). The molecule has 0 radical (unpaired) electrons. The molecule has 2 N–H and O–H groups in total. The topological polar surface area (TPSA) is 64.9 Å². The Bertz CT molecular complexity index is 429. The second-order valence-corrected chi connectivity index (χ2v) is 4.51. The van der Waals surface area contributed by atoms with Crippen molar-refractivity contribution in [1.82, 2.24) is 5.32 Å². The summed E-state index contributed by atoms with van der Waals surface area (Å²) in [6, 6.07) is 9.22. The van der Waals surface area contributed by atoms with Gasteiger partial charge in [-0.05, 0) is 38.1 Å². The van der Waals surface area contributed by atoms with Gasteiger partial charge in [0.05, 0.1) is 17.0 Å². The number of amides is 1. The molecule has 0 aliphatic rings. The molecule has 0 saturated heterocycles. The number of hydrogen-bond donors (Lipinski definition) is 2. The number of rotatable bonds is 4. The molecule has 0 aliphatic heterocycles. The number of nitrogens with zero attached hydrogens (tertiary/aromatic N) is 1. The number of nitrogens with one attached hydrogen (secondary N) is 2. The highest BCUT2D eigenvalue weighted by Crippen LogP contribution is 2.17. The minimum atomic E-state index is -0.470. The summed E-state index contributed by atoms with van der Waals surface area (Å²) in [5.41, 5.74) is 1.06. The first kappa shape index (κ1) is 13.0. The fourth-order valence-electron chi connectivity index (χ4n) is 1.40. The Labute approximate surface area is 102 Å². The third-order valence-corrected chi connectivity index (χ3v) is 2.59. The Morgan fingerprint density at radius 1 is 1.35 bits per heavy atom. The smallest absolute Gasteiger partial charge is 0.227 e. The van der Waals surface area contributed by atoms with Crippen LogP contribution < -0.4 is 10.6 Å². The Morgan fingerprint density at radius 3 is 2.41 bits per heavy atom. The zero-order valence-corrected chi connectivity index (χ0v) is 10.4. The molecule has 4 nitrogen and oxygen atoms in total. The lowest BCUT2D eigenvalue weighted by molar-refractivity contribution is -0.128. The summed E-state index contributed by atoms with van der Waals surface area (Å²) >= 11 is 0. The molecule has 0 heterocycles. The maximum Gasteiger partial charge on any atom is 0.227 e. The van der Waals surface area contributed by atoms with E-state index in [4.69, 9.17) is 5.26 Å². The number of benzene rings is 1. The molecule has 0 bridgehead atoms. The molecule has 1 amide bonds. The minimum Gasteiger partial charge on any atom is -0.384 e. The predicted molar refractivity (Wildman–Crippen MR) is 67.5 cm³/mol. The van der Waals surface area contributed by atoms with Crippen LogP contribution in [0, 0.1) is 16.7 Å². The van der Waals surface area contributed by atoms with Gasteiger partial charge in [0.1, 0.15) is 0 Å². The molecule has 0 saturated carbocycles. The monoisotopic (exact) mass is 231 g/mol. The summed E-state index contributed by atoms with van der Waals surface area (Å²) in [5, 5.41) is 14.5. The van der Waals surface area contributed by atoms with E-state index >= 15 is 0 Å². The van der Waals surface area contributed by atoms with Gasteiger partial charge in [-0.25, -0.2) is 0 Å². The average molecular weight is 231 g/mol. The number of hydrogen-bond acceptors (Lipinski definition) is 3. The highest BCUT2D eigenvalue weighted by molar-refractivity contribution is 5.82. The molecule has 0 fully saturated rings. The number of anilines is 1. The molecule has 90 valence electrons. The van der Waals surface area contributed by atoms with Crippen LogP contribution in [0.1, 0.15) is 19.4 Å². The highest BCUT2D eigenvalue weighted by atomic mass is 16.2. The molecule has 1 aromatic rings. The number of carbonyl (C=O) groups excluding carboxylic acids is 1. The number of carbonyl (C=O) groups is 1. The van der Waals surface area contributed by atoms with Gasteiger partial charge in [0, 0.05) is 19.3 Å². The molecule has 17 heavy (non-hydrogen) atoms. The van der Waals surface area contributed by atoms with Gasteiger partial charge in [0.15, 0.2) is 0 Å². The predicted octanol–water partition coefficient (Wildman–Crippen LogP) is 1.74. The van der Waals surface area contributed by atoms with Gasteiger partial charge in [-0.15, -0.1) is 0 Å². The highest BCUT2D eigenvalue weighted by Gasteiger charge is 2.25. The molecule has 0 unspecified atom stereocenters. The Balaban J connectivity index is 2.61. The van der Waals surface area contributed by atoms with Gasteiger partial charge in [0.2, 0.25) is 5.91 Å². The van der Waals surface area contributed by atoms with E-state index in [0.717, 1.165) is 5.69 Å². The first-order chi connectivity index (χ1) is 7.99. The van der Waals surface area contributed by atoms with E-state index in [0.29, 0.717) is 12.1 Å². The first-order valence-electron chi connectivity index (χ1n) is 5.46. The van der Waals surface area contributed by atoms with Crippen molar-refractivity contribution in [2.45, 2.75) is 13.8 Å². The Kier molecular flexibility index (Phi) is 4.11. The third kappa shape index (κ3) is 3.49. The van der Waals surface area contributed by atoms with E-state index in [-0.39, 0.29) is 5.91 Å². The third-order valence-electron chi connectivity index (χ3n) is 2.59. The average Bonchev–Trinajstić information content (AvgIpc) is 2.36. The van der Waals surface area contributed by atoms with Gasteiger partial charge in [-0.1, -0.05) is 0 Å². The molecule has 1 aromatic carbocycles. The summed E-state index contributed by atoms with van der Waals surface area (Å²) < 4.78 is 0. The van der Waals surface area contributed by atoms with Crippen molar-refractivity contribution in [3.63, 3.8) is 0 Å². The van der Waals surface area contributed by atoms with Crippen LogP contribution in [-0.4, -0.2) is 19.5 Å². The van der Waals surface area contributed by atoms with E-state index in [1.54, 1.807) is 19.2 Å². The van der Waals surface area contributed by atoms with Crippen LogP contribution in [0.5, 0.6) is 0 Å². The van der Waals surface area contributed by atoms with Crippen molar-refractivity contribution in [3.05, 3.63) is 29.8 Å². The maximum atomic E-state index is 11.6. The van der Waals surface area contributed by atoms with Crippen molar-refractivity contribution in [2.75, 3.05) is 18.9 Å². The van der Waals surface area contributed by atoms with Crippen LogP contribution in [0.15, 0.2) is 24.3 Å². The van der Waals surface area contributed by atoms with Crippen molar-refractivity contribution in [3.8, 4) is 6.07 Å². The van der Waals surface area contributed by atoms with E-state index in [1.807, 2.05) is 26.0 Å². The second kappa shape index (κ2) is 5.35. The quantitative estimate of drug-likeness (QED) is 0.829. The van der Waals surface area contributed by atoms with E-state index in [1.165, 1.54) is 0 Å². The molecule has 0 aromatic heterocycles. The van der Waals surface area contributed by atoms with Gasteiger partial charge >= 0.3 is 0 Å². The normalized spacial score (nSPS) is 10.5. The molecule has 0 spiro atoms. The van der Waals surface area contributed by atoms with E-state index in [2.05, 4.69) is 16.7 Å². The number of nitriles is 1. The lowest BCUT2D eigenvalue weighted by Crippen LogP contribution is -2.39. The lowest BCUT2D eigenvalue weighted by atomic mass is 9.92. The van der Waals surface area contributed by atoms with Gasteiger partial charge < -0.3 is 10.6 Å². The van der Waals surface area contributed by atoms with Crippen LogP contribution in [0.3, 0.4) is 0 Å². The fourth-order valence-corrected chi connectivity index (χ4v) is 1.40. The molecule has 0 atom stereocenters. The SMILES string of the molecule is CNC(=O)C(C)(C)CNc1ccc(C#N)cc1. The zero-order chi connectivity index (χ0) is 12.9. The Morgan fingerprint density at radius 2 is 1.94 bits per heavy atom. The van der Waals surface area contributed by atoms with E-state index in [9.17, 15) is 4.79 Å². The fraction of sp³-hybridized carbons (Fsp3) is 0.385. The molecule has 4 heteroatoms. The van der Waals surface area contributed by atoms with Gasteiger partial charge in [-0.2, -0.15) is 5.26 Å². The second-order valence-electron chi connectivity index (χ2n) is 4.51. The summed E-state index contributed by atoms with van der Waals surface area (Å²) in [6.07, 6.45) is 0. The Hall–Kier alpha value is -2.02. The van der Waals surface area contributed by atoms with Crippen molar-refractivity contribution >= 4 is 11.6 Å². The van der Waals surface area contributed by atoms with Crippen molar-refractivity contribution in [2.24, 2.45) is 5.41 Å². The summed E-state index contributed by atoms with van der Waals surface area (Å²) in [6.45, 7) is 4.30. The van der Waals surface area contributed by atoms with Gasteiger partial charge in [0.25, 0.3) is 0 Å². The van der Waals surface area contributed by atoms with E-state index < -0.39 is 5.41 Å². The van der Waals surface area contributed by atoms with Crippen LogP contribution in [0.2, 0.25) is 0 Å². The van der Waals surface area contributed by atoms with Crippen LogP contribution in [-0.2, 0) is 4.79 Å². The van der Waals surface area contributed by atoms with Gasteiger partial charge in [-0.3, -0.25) is 4.79 Å². The van der Waals surface area contributed by atoms with Crippen molar-refractivity contribution in [1.29, 1.82) is 5.26 Å². The van der Waals surface area contributed by atoms with Crippen LogP contribution in [0.25, 0.3) is 0 Å². The molecule has 0 aliphatic carbocycles. The largest absolute Gasteiger partial charge is 0.384 e. The molecular formula is C13H17N3O. The lowest BCUT2D eigenvalue weighted by Gasteiger charge is -2.23.